The number of aliphatic hydroxyl groups excluding tert-OH is 1. The van der Waals surface area contributed by atoms with E-state index in [0.717, 1.165) is 10.6 Å². The van der Waals surface area contributed by atoms with Crippen LogP contribution < -0.4 is 4.90 Å². The highest BCUT2D eigenvalue weighted by Crippen LogP contribution is 2.43. The highest BCUT2D eigenvalue weighted by molar-refractivity contribution is 7.14. The van der Waals surface area contributed by atoms with E-state index in [4.69, 9.17) is 4.42 Å². The molecular formula is C23H22N2O4S. The summed E-state index contributed by atoms with van der Waals surface area (Å²) in [4.78, 5) is 32.6. The molecule has 7 heteroatoms. The van der Waals surface area contributed by atoms with Gasteiger partial charge in [0, 0.05) is 5.69 Å². The monoisotopic (exact) mass is 422 g/mol. The van der Waals surface area contributed by atoms with Crippen LogP contribution in [0.15, 0.2) is 58.4 Å². The summed E-state index contributed by atoms with van der Waals surface area (Å²) in [6.07, 6.45) is 1.49. The van der Waals surface area contributed by atoms with Gasteiger partial charge in [0.1, 0.15) is 11.8 Å². The lowest BCUT2D eigenvalue weighted by molar-refractivity contribution is -0.117. The normalized spacial score (nSPS) is 16.8. The van der Waals surface area contributed by atoms with Crippen molar-refractivity contribution in [1.29, 1.82) is 0 Å². The Morgan fingerprint density at radius 1 is 1.20 bits per heavy atom. The molecule has 1 unspecified atom stereocenters. The zero-order chi connectivity index (χ0) is 21.6. The second kappa shape index (κ2) is 7.57. The molecule has 0 spiro atoms. The maximum atomic E-state index is 13.4. The number of furan rings is 1. The zero-order valence-electron chi connectivity index (χ0n) is 17.2. The topological polar surface area (TPSA) is 83.6 Å². The van der Waals surface area contributed by atoms with Crippen LogP contribution in [0.5, 0.6) is 0 Å². The maximum absolute atomic E-state index is 13.4. The number of aryl methyl sites for hydroxylation is 2. The van der Waals surface area contributed by atoms with Crippen molar-refractivity contribution in [2.45, 2.75) is 39.7 Å². The molecule has 1 atom stereocenters. The average Bonchev–Trinajstić information content (AvgIpc) is 3.41. The van der Waals surface area contributed by atoms with Crippen molar-refractivity contribution >= 4 is 28.7 Å². The van der Waals surface area contributed by atoms with E-state index in [1.165, 1.54) is 22.5 Å². The van der Waals surface area contributed by atoms with Gasteiger partial charge in [-0.05, 0) is 49.6 Å². The summed E-state index contributed by atoms with van der Waals surface area (Å²) < 4.78 is 5.58. The molecule has 0 aliphatic carbocycles. The standard InChI is InChI=1S/C23H22N2O4S/c1-12(2)15-7-9-16(10-8-15)25-19(17-6-5-11-29-17)18(21(27)23(25)28)20(26)22-13(3)24-14(4)30-22/h5-12,19,27H,1-4H3. The number of amides is 1. The number of benzene rings is 1. The second-order valence-corrected chi connectivity index (χ2v) is 8.78. The lowest BCUT2D eigenvalue weighted by Crippen LogP contribution is -2.30. The molecule has 3 heterocycles. The van der Waals surface area contributed by atoms with Crippen molar-refractivity contribution < 1.29 is 19.1 Å². The van der Waals surface area contributed by atoms with Crippen molar-refractivity contribution in [3.8, 4) is 0 Å². The number of thiazole rings is 1. The Balaban J connectivity index is 1.83. The van der Waals surface area contributed by atoms with E-state index in [-0.39, 0.29) is 5.57 Å². The molecule has 6 nitrogen and oxygen atoms in total. The molecule has 154 valence electrons. The smallest absolute Gasteiger partial charge is 0.294 e. The quantitative estimate of drug-likeness (QED) is 0.567. The van der Waals surface area contributed by atoms with Gasteiger partial charge in [0.15, 0.2) is 5.76 Å². The minimum atomic E-state index is -0.855. The molecule has 0 saturated heterocycles. The van der Waals surface area contributed by atoms with Gasteiger partial charge in [-0.1, -0.05) is 26.0 Å². The average molecular weight is 423 g/mol. The minimum absolute atomic E-state index is 0.00892. The summed E-state index contributed by atoms with van der Waals surface area (Å²) in [6, 6.07) is 10.1. The molecule has 1 aromatic carbocycles. The van der Waals surface area contributed by atoms with Gasteiger partial charge in [0.05, 0.1) is 27.4 Å². The SMILES string of the molecule is Cc1nc(C)c(C(=O)C2=C(O)C(=O)N(c3ccc(C(C)C)cc3)C2c2ccco2)s1. The van der Waals surface area contributed by atoms with Crippen LogP contribution in [0.2, 0.25) is 0 Å². The van der Waals surface area contributed by atoms with Gasteiger partial charge in [-0.25, -0.2) is 4.98 Å². The van der Waals surface area contributed by atoms with E-state index in [9.17, 15) is 14.7 Å². The van der Waals surface area contributed by atoms with E-state index in [2.05, 4.69) is 18.8 Å². The molecule has 1 aliphatic heterocycles. The van der Waals surface area contributed by atoms with Crippen molar-refractivity contribution in [1.82, 2.24) is 4.98 Å². The van der Waals surface area contributed by atoms with Crippen molar-refractivity contribution in [3.05, 3.63) is 80.9 Å². The Morgan fingerprint density at radius 2 is 1.90 bits per heavy atom. The van der Waals surface area contributed by atoms with Crippen LogP contribution >= 0.6 is 11.3 Å². The lowest BCUT2D eigenvalue weighted by atomic mass is 9.98. The van der Waals surface area contributed by atoms with E-state index < -0.39 is 23.5 Å². The fraction of sp³-hybridized carbons (Fsp3) is 0.261. The number of anilines is 1. The van der Waals surface area contributed by atoms with Gasteiger partial charge in [0.25, 0.3) is 5.91 Å². The van der Waals surface area contributed by atoms with Crippen LogP contribution in [-0.2, 0) is 4.79 Å². The van der Waals surface area contributed by atoms with Gasteiger partial charge in [-0.3, -0.25) is 14.5 Å². The third-order valence-corrected chi connectivity index (χ3v) is 6.28. The number of aliphatic hydroxyl groups is 1. The Labute approximate surface area is 178 Å². The van der Waals surface area contributed by atoms with E-state index >= 15 is 0 Å². The maximum Gasteiger partial charge on any atom is 0.294 e. The highest BCUT2D eigenvalue weighted by atomic mass is 32.1. The summed E-state index contributed by atoms with van der Waals surface area (Å²) >= 11 is 1.25. The first-order chi connectivity index (χ1) is 14.3. The third-order valence-electron chi connectivity index (χ3n) is 5.21. The number of aromatic nitrogens is 1. The predicted molar refractivity (Wildman–Crippen MR) is 115 cm³/mol. The van der Waals surface area contributed by atoms with Crippen molar-refractivity contribution in [2.24, 2.45) is 0 Å². The molecule has 0 fully saturated rings. The van der Waals surface area contributed by atoms with Crippen molar-refractivity contribution in [3.63, 3.8) is 0 Å². The Morgan fingerprint density at radius 3 is 2.43 bits per heavy atom. The number of Topliss-reactive ketones (excluding diaryl/α,β-unsaturated/α-hetero) is 1. The van der Waals surface area contributed by atoms with Gasteiger partial charge in [-0.2, -0.15) is 0 Å². The summed E-state index contributed by atoms with van der Waals surface area (Å²) in [5.74, 6) is -0.847. The first-order valence-corrected chi connectivity index (χ1v) is 10.5. The predicted octanol–water partition coefficient (Wildman–Crippen LogP) is 5.26. The van der Waals surface area contributed by atoms with E-state index in [1.807, 2.05) is 31.2 Å². The highest BCUT2D eigenvalue weighted by Gasteiger charge is 2.46. The van der Waals surface area contributed by atoms with Gasteiger partial charge < -0.3 is 9.52 Å². The molecule has 1 amide bonds. The molecule has 2 aromatic heterocycles. The van der Waals surface area contributed by atoms with Gasteiger partial charge in [0.2, 0.25) is 5.78 Å². The summed E-state index contributed by atoms with van der Waals surface area (Å²) in [5, 5.41) is 11.5. The first kappa shape index (κ1) is 20.1. The molecule has 0 radical (unpaired) electrons. The number of hydrogen-bond donors (Lipinski definition) is 1. The van der Waals surface area contributed by atoms with Crippen LogP contribution in [0.25, 0.3) is 0 Å². The minimum Gasteiger partial charge on any atom is -0.503 e. The summed E-state index contributed by atoms with van der Waals surface area (Å²) in [6.45, 7) is 7.74. The molecule has 1 N–H and O–H groups in total. The number of carbonyl (C=O) groups is 2. The fourth-order valence-corrected chi connectivity index (χ4v) is 4.58. The van der Waals surface area contributed by atoms with Gasteiger partial charge in [-0.15, -0.1) is 11.3 Å². The first-order valence-electron chi connectivity index (χ1n) is 9.68. The Bertz CT molecular complexity index is 1140. The largest absolute Gasteiger partial charge is 0.503 e. The number of rotatable bonds is 5. The van der Waals surface area contributed by atoms with Crippen LogP contribution in [0, 0.1) is 13.8 Å². The molecule has 30 heavy (non-hydrogen) atoms. The van der Waals surface area contributed by atoms with E-state index in [1.54, 1.807) is 19.1 Å². The van der Waals surface area contributed by atoms with Crippen LogP contribution in [0.1, 0.15) is 57.5 Å². The number of carbonyl (C=O) groups excluding carboxylic acids is 2. The van der Waals surface area contributed by atoms with Crippen LogP contribution in [0.4, 0.5) is 5.69 Å². The summed E-state index contributed by atoms with van der Waals surface area (Å²) in [5.41, 5.74) is 2.30. The number of nitrogens with zero attached hydrogens (tertiary/aromatic N) is 2. The fourth-order valence-electron chi connectivity index (χ4n) is 3.70. The van der Waals surface area contributed by atoms with Crippen LogP contribution in [0.3, 0.4) is 0 Å². The van der Waals surface area contributed by atoms with E-state index in [0.29, 0.717) is 27.9 Å². The second-order valence-electron chi connectivity index (χ2n) is 7.58. The lowest BCUT2D eigenvalue weighted by Gasteiger charge is -2.25. The number of ketones is 1. The molecule has 3 aromatic rings. The Hall–Kier alpha value is -3.19. The Kier molecular flexibility index (Phi) is 5.07. The van der Waals surface area contributed by atoms with Crippen LogP contribution in [-0.4, -0.2) is 21.8 Å². The molecular weight excluding hydrogens is 400 g/mol. The molecule has 4 rings (SSSR count). The van der Waals surface area contributed by atoms with Crippen molar-refractivity contribution in [2.75, 3.05) is 4.90 Å². The molecule has 0 saturated carbocycles. The third kappa shape index (κ3) is 3.25. The van der Waals surface area contributed by atoms with Gasteiger partial charge >= 0.3 is 0 Å². The summed E-state index contributed by atoms with van der Waals surface area (Å²) in [7, 11) is 0. The molecule has 0 bridgehead atoms. The number of hydrogen-bond acceptors (Lipinski definition) is 6. The molecule has 1 aliphatic rings. The zero-order valence-corrected chi connectivity index (χ0v) is 18.0.